The zero-order chi connectivity index (χ0) is 35.3. The van der Waals surface area contributed by atoms with Crippen molar-refractivity contribution in [3.8, 4) is 5.75 Å². The Morgan fingerprint density at radius 1 is 1.02 bits per heavy atom. The molecule has 6 N–H and O–H groups in total. The van der Waals surface area contributed by atoms with Crippen LogP contribution in [0.4, 0.5) is 21.9 Å². The fourth-order valence-corrected chi connectivity index (χ4v) is 6.40. The summed E-state index contributed by atoms with van der Waals surface area (Å²) in [6.45, 7) is 4.30. The van der Waals surface area contributed by atoms with Gasteiger partial charge in [-0.05, 0) is 62.9 Å². The van der Waals surface area contributed by atoms with Gasteiger partial charge in [-0.1, -0.05) is 44.7 Å². The molecule has 2 aliphatic rings. The number of aliphatic hydroxyl groups is 1. The van der Waals surface area contributed by atoms with Crippen molar-refractivity contribution >= 4 is 40.8 Å². The van der Waals surface area contributed by atoms with Gasteiger partial charge in [0, 0.05) is 49.6 Å². The van der Waals surface area contributed by atoms with Crippen LogP contribution in [0.1, 0.15) is 83.6 Å². The molecular weight excluding hydrogens is 624 g/mol. The summed E-state index contributed by atoms with van der Waals surface area (Å²) in [5.41, 5.74) is 8.17. The van der Waals surface area contributed by atoms with Crippen LogP contribution >= 0.6 is 0 Å². The van der Waals surface area contributed by atoms with Gasteiger partial charge in [-0.3, -0.25) is 14.4 Å². The molecule has 1 saturated carbocycles. The first-order chi connectivity index (χ1) is 23.5. The zero-order valence-corrected chi connectivity index (χ0v) is 29.2. The predicted octanol–water partition coefficient (Wildman–Crippen LogP) is 4.92. The van der Waals surface area contributed by atoms with E-state index in [1.54, 1.807) is 47.2 Å². The molecule has 12 heteroatoms. The monoisotopic (exact) mass is 678 g/mol. The summed E-state index contributed by atoms with van der Waals surface area (Å²) in [7, 11) is 1.76. The Morgan fingerprint density at radius 3 is 2.41 bits per heavy atom. The Morgan fingerprint density at radius 2 is 1.71 bits per heavy atom. The number of hydrogen-bond donors (Lipinski definition) is 5. The maximum atomic E-state index is 13.6. The number of ether oxygens (including phenoxy) is 1. The molecule has 1 fully saturated rings. The molecule has 4 rings (SSSR count). The number of nitrogens with one attached hydrogen (secondary N) is 3. The van der Waals surface area contributed by atoms with Crippen LogP contribution in [0.5, 0.6) is 5.75 Å². The van der Waals surface area contributed by atoms with Crippen molar-refractivity contribution in [3.63, 3.8) is 0 Å². The number of rotatable bonds is 13. The highest BCUT2D eigenvalue weighted by Gasteiger charge is 2.32. The number of fused-ring (bicyclic) bond motifs is 1. The number of nitrogens with zero attached hydrogens (tertiary/aromatic N) is 2. The number of amides is 5. The number of nitrogens with two attached hydrogens (primary N) is 1. The highest BCUT2D eigenvalue weighted by Crippen LogP contribution is 2.29. The number of anilines is 3. The van der Waals surface area contributed by atoms with E-state index in [0.717, 1.165) is 25.7 Å². The van der Waals surface area contributed by atoms with Crippen molar-refractivity contribution in [3.05, 3.63) is 48.0 Å². The summed E-state index contributed by atoms with van der Waals surface area (Å²) in [6.07, 6.45) is 7.64. The van der Waals surface area contributed by atoms with Crippen molar-refractivity contribution in [2.75, 3.05) is 43.1 Å². The third-order valence-corrected chi connectivity index (χ3v) is 9.48. The largest absolute Gasteiger partial charge is 0.488 e. The average molecular weight is 679 g/mol. The van der Waals surface area contributed by atoms with Gasteiger partial charge in [0.2, 0.25) is 17.7 Å². The van der Waals surface area contributed by atoms with Crippen LogP contribution in [0.15, 0.2) is 42.5 Å². The van der Waals surface area contributed by atoms with Crippen LogP contribution in [-0.2, 0) is 20.8 Å². The number of likely N-dealkylation sites (N-methyl/N-ethyl adjacent to an activating group) is 1. The molecular formula is C37H54N6O6. The second-order valence-corrected chi connectivity index (χ2v) is 13.6. The van der Waals surface area contributed by atoms with Gasteiger partial charge in [-0.15, -0.1) is 0 Å². The lowest BCUT2D eigenvalue weighted by Crippen LogP contribution is -2.50. The fourth-order valence-electron chi connectivity index (χ4n) is 6.40. The zero-order valence-electron chi connectivity index (χ0n) is 29.2. The van der Waals surface area contributed by atoms with Crippen molar-refractivity contribution in [2.45, 2.75) is 103 Å². The molecule has 12 nitrogen and oxygen atoms in total. The lowest BCUT2D eigenvalue weighted by molar-refractivity contribution is -0.134. The summed E-state index contributed by atoms with van der Waals surface area (Å²) in [5.74, 6) is -0.0446. The van der Waals surface area contributed by atoms with Crippen LogP contribution in [0.2, 0.25) is 0 Å². The highest BCUT2D eigenvalue weighted by atomic mass is 16.5. The quantitative estimate of drug-likeness (QED) is 0.148. The van der Waals surface area contributed by atoms with Gasteiger partial charge in [0.05, 0.1) is 37.0 Å². The van der Waals surface area contributed by atoms with E-state index < -0.39 is 12.1 Å². The summed E-state index contributed by atoms with van der Waals surface area (Å²) < 4.78 is 6.55. The molecule has 0 unspecified atom stereocenters. The molecule has 0 radical (unpaired) electrons. The number of urea groups is 1. The number of carbonyl (C=O) groups excluding carboxylic acids is 4. The second kappa shape index (κ2) is 18.4. The van der Waals surface area contributed by atoms with Crippen molar-refractivity contribution in [1.29, 1.82) is 0 Å². The van der Waals surface area contributed by atoms with Gasteiger partial charge < -0.3 is 41.3 Å². The van der Waals surface area contributed by atoms with Gasteiger partial charge in [0.15, 0.2) is 0 Å². The molecule has 268 valence electrons. The van der Waals surface area contributed by atoms with Crippen molar-refractivity contribution < 1.29 is 29.0 Å². The molecule has 0 spiro atoms. The van der Waals surface area contributed by atoms with Crippen LogP contribution in [0.25, 0.3) is 0 Å². The third-order valence-electron chi connectivity index (χ3n) is 9.48. The van der Waals surface area contributed by atoms with Crippen molar-refractivity contribution in [1.82, 2.24) is 15.1 Å². The first-order valence-electron chi connectivity index (χ1n) is 17.7. The van der Waals surface area contributed by atoms with Gasteiger partial charge >= 0.3 is 6.03 Å². The molecule has 0 aromatic heterocycles. The smallest absolute Gasteiger partial charge is 0.317 e. The Balaban J connectivity index is 1.35. The van der Waals surface area contributed by atoms with Crippen molar-refractivity contribution in [2.24, 2.45) is 5.92 Å². The van der Waals surface area contributed by atoms with E-state index in [0.29, 0.717) is 67.1 Å². The number of hydrogen-bond acceptors (Lipinski definition) is 7. The molecule has 3 atom stereocenters. The molecule has 2 aromatic carbocycles. The van der Waals surface area contributed by atoms with Gasteiger partial charge in [0.1, 0.15) is 11.9 Å². The minimum Gasteiger partial charge on any atom is -0.488 e. The van der Waals surface area contributed by atoms with Gasteiger partial charge in [0.25, 0.3) is 0 Å². The molecule has 5 amide bonds. The SMILES string of the molecule is C[C@H](CO)N1C[C@H](C)[C@H](CN(C)C(=O)NC2CCCCC2)Oc2ccc(NC(=O)CCCCCC(=O)Nc3ccccc3N)cc2CC1=O. The number of benzene rings is 2. The van der Waals surface area contributed by atoms with Crippen LogP contribution in [-0.4, -0.2) is 83.6 Å². The highest BCUT2D eigenvalue weighted by molar-refractivity contribution is 5.94. The number of carbonyl (C=O) groups is 4. The Bertz CT molecular complexity index is 1430. The van der Waals surface area contributed by atoms with Gasteiger partial charge in [-0.2, -0.15) is 0 Å². The topological polar surface area (TPSA) is 166 Å². The van der Waals surface area contributed by atoms with E-state index in [9.17, 15) is 24.3 Å². The normalized spacial score (nSPS) is 18.9. The first kappa shape index (κ1) is 37.5. The Kier molecular flexibility index (Phi) is 14.1. The van der Waals surface area contributed by atoms with E-state index in [-0.39, 0.29) is 55.2 Å². The second-order valence-electron chi connectivity index (χ2n) is 13.6. The molecule has 1 aliphatic carbocycles. The minimum atomic E-state index is -0.423. The molecule has 2 aromatic rings. The number of para-hydroxylation sites is 2. The Labute approximate surface area is 290 Å². The van der Waals surface area contributed by atoms with Crippen LogP contribution in [0.3, 0.4) is 0 Å². The maximum Gasteiger partial charge on any atom is 0.317 e. The standard InChI is InChI=1S/C37H54N6O6/c1-25-22-43(26(2)24-44)36(47)21-27-20-29(39-34(45)16-8-5-9-17-35(46)41-31-15-11-10-14-30(31)38)18-19-32(27)49-33(25)23-42(3)37(48)40-28-12-6-4-7-13-28/h10-11,14-15,18-20,25-26,28,33,44H,4-9,12-13,16-17,21-24,38H2,1-3H3,(H,39,45)(H,40,48)(H,41,46)/t25-,26+,33-/m0/s1. The minimum absolute atomic E-state index is 0.0392. The van der Waals surface area contributed by atoms with E-state index >= 15 is 0 Å². The maximum absolute atomic E-state index is 13.6. The van der Waals surface area contributed by atoms with E-state index in [2.05, 4.69) is 16.0 Å². The summed E-state index contributed by atoms with van der Waals surface area (Å²) in [4.78, 5) is 55.1. The van der Waals surface area contributed by atoms with Crippen LogP contribution in [0, 0.1) is 5.92 Å². The predicted molar refractivity (Wildman–Crippen MR) is 191 cm³/mol. The van der Waals surface area contributed by atoms with Crippen LogP contribution < -0.4 is 26.4 Å². The van der Waals surface area contributed by atoms with E-state index in [1.165, 1.54) is 6.42 Å². The number of unbranched alkanes of at least 4 members (excludes halogenated alkanes) is 2. The fraction of sp³-hybridized carbons (Fsp3) is 0.568. The lowest BCUT2D eigenvalue weighted by atomic mass is 9.96. The molecule has 1 aliphatic heterocycles. The average Bonchev–Trinajstić information content (AvgIpc) is 3.12. The first-order valence-corrected chi connectivity index (χ1v) is 17.7. The van der Waals surface area contributed by atoms with Gasteiger partial charge in [-0.25, -0.2) is 4.79 Å². The molecule has 49 heavy (non-hydrogen) atoms. The Hall–Kier alpha value is -4.32. The molecule has 0 bridgehead atoms. The summed E-state index contributed by atoms with van der Waals surface area (Å²) in [6, 6.07) is 12.0. The third kappa shape index (κ3) is 11.4. The summed E-state index contributed by atoms with van der Waals surface area (Å²) >= 11 is 0. The number of nitrogen functional groups attached to an aromatic ring is 1. The molecule has 0 saturated heterocycles. The van der Waals surface area contributed by atoms with E-state index in [4.69, 9.17) is 10.5 Å². The molecule has 1 heterocycles. The summed E-state index contributed by atoms with van der Waals surface area (Å²) in [5, 5.41) is 18.9. The number of aliphatic hydroxyl groups excluding tert-OH is 1. The van der Waals surface area contributed by atoms with E-state index in [1.807, 2.05) is 26.0 Å². The lowest BCUT2D eigenvalue weighted by Gasteiger charge is -2.34.